The Balaban J connectivity index is 1.54. The number of aryl methyl sites for hydroxylation is 1. The maximum atomic E-state index is 12.0. The number of carboxylic acid groups (broad SMARTS) is 1. The molecule has 1 amide bonds. The van der Waals surface area contributed by atoms with Gasteiger partial charge in [0.15, 0.2) is 0 Å². The van der Waals surface area contributed by atoms with Crippen LogP contribution in [-0.4, -0.2) is 17.0 Å². The molecule has 25 heavy (non-hydrogen) atoms. The fourth-order valence-corrected chi connectivity index (χ4v) is 2.43. The number of hydrogen-bond acceptors (Lipinski definition) is 3. The maximum absolute atomic E-state index is 12.0. The third-order valence-corrected chi connectivity index (χ3v) is 3.73. The minimum absolute atomic E-state index is 0.152. The topological polar surface area (TPSA) is 79.5 Å². The van der Waals surface area contributed by atoms with Crippen LogP contribution in [0.4, 0.5) is 5.69 Å². The van der Waals surface area contributed by atoms with Gasteiger partial charge in [0.1, 0.15) is 11.5 Å². The summed E-state index contributed by atoms with van der Waals surface area (Å²) in [6.45, 7) is 0. The van der Waals surface area contributed by atoms with Crippen molar-refractivity contribution in [2.24, 2.45) is 0 Å². The van der Waals surface area contributed by atoms with Crippen molar-refractivity contribution in [2.45, 2.75) is 12.8 Å². The lowest BCUT2D eigenvalue weighted by Crippen LogP contribution is -2.12. The largest absolute Gasteiger partial charge is 0.478 e. The number of carboxylic acids is 1. The quantitative estimate of drug-likeness (QED) is 0.707. The van der Waals surface area contributed by atoms with Crippen molar-refractivity contribution in [1.29, 1.82) is 0 Å². The van der Waals surface area contributed by atoms with Gasteiger partial charge in [-0.3, -0.25) is 4.79 Å². The van der Waals surface area contributed by atoms with E-state index in [0.29, 0.717) is 12.1 Å². The van der Waals surface area contributed by atoms with Crippen LogP contribution in [0.15, 0.2) is 71.1 Å². The first-order valence-corrected chi connectivity index (χ1v) is 7.89. The second kappa shape index (κ2) is 7.49. The number of carbonyl (C=O) groups is 2. The molecule has 1 aromatic heterocycles. The molecule has 0 fully saturated rings. The molecule has 126 valence electrons. The van der Waals surface area contributed by atoms with E-state index in [1.54, 1.807) is 12.1 Å². The second-order valence-electron chi connectivity index (χ2n) is 5.56. The van der Waals surface area contributed by atoms with Crippen LogP contribution in [-0.2, 0) is 11.2 Å². The van der Waals surface area contributed by atoms with Crippen molar-refractivity contribution < 1.29 is 19.1 Å². The van der Waals surface area contributed by atoms with Crippen molar-refractivity contribution in [3.63, 3.8) is 0 Å². The molecule has 0 aliphatic carbocycles. The summed E-state index contributed by atoms with van der Waals surface area (Å²) in [5.74, 6) is 0.376. The van der Waals surface area contributed by atoms with Crippen molar-refractivity contribution >= 4 is 17.6 Å². The van der Waals surface area contributed by atoms with Gasteiger partial charge in [0, 0.05) is 24.1 Å². The molecule has 1 heterocycles. The lowest BCUT2D eigenvalue weighted by Gasteiger charge is -2.05. The van der Waals surface area contributed by atoms with Crippen LogP contribution >= 0.6 is 0 Å². The fourth-order valence-electron chi connectivity index (χ4n) is 2.43. The molecule has 0 unspecified atom stereocenters. The Morgan fingerprint density at radius 3 is 2.32 bits per heavy atom. The van der Waals surface area contributed by atoms with E-state index >= 15 is 0 Å². The van der Waals surface area contributed by atoms with Crippen molar-refractivity contribution in [2.75, 3.05) is 5.32 Å². The first-order valence-electron chi connectivity index (χ1n) is 7.89. The Kier molecular flexibility index (Phi) is 4.95. The van der Waals surface area contributed by atoms with Crippen molar-refractivity contribution in [3.05, 3.63) is 78.1 Å². The van der Waals surface area contributed by atoms with E-state index in [4.69, 9.17) is 9.52 Å². The molecular weight excluding hydrogens is 318 g/mol. The Morgan fingerprint density at radius 2 is 1.64 bits per heavy atom. The number of nitrogens with one attached hydrogen (secondary N) is 1. The van der Waals surface area contributed by atoms with Gasteiger partial charge >= 0.3 is 5.97 Å². The number of hydrogen-bond donors (Lipinski definition) is 2. The van der Waals surface area contributed by atoms with E-state index in [-0.39, 0.29) is 17.9 Å². The summed E-state index contributed by atoms with van der Waals surface area (Å²) in [6, 6.07) is 19.6. The zero-order chi connectivity index (χ0) is 17.6. The average molecular weight is 335 g/mol. The first kappa shape index (κ1) is 16.5. The second-order valence-corrected chi connectivity index (χ2v) is 5.56. The normalized spacial score (nSPS) is 10.4. The molecule has 5 nitrogen and oxygen atoms in total. The van der Waals surface area contributed by atoms with Crippen molar-refractivity contribution in [1.82, 2.24) is 0 Å². The minimum atomic E-state index is -0.995. The number of aromatic carboxylic acids is 1. The lowest BCUT2D eigenvalue weighted by molar-refractivity contribution is -0.116. The zero-order valence-electron chi connectivity index (χ0n) is 13.4. The standard InChI is InChI=1S/C20H17NO4/c22-19(21-16-8-6-15(7-9-16)20(23)24)13-11-17-10-12-18(25-17)14-4-2-1-3-5-14/h1-10,12H,11,13H2,(H,21,22)(H,23,24). The summed E-state index contributed by atoms with van der Waals surface area (Å²) in [5.41, 5.74) is 1.75. The van der Waals surface area contributed by atoms with Gasteiger partial charge in [-0.1, -0.05) is 30.3 Å². The van der Waals surface area contributed by atoms with Crippen LogP contribution in [0.1, 0.15) is 22.5 Å². The Morgan fingerprint density at radius 1 is 0.920 bits per heavy atom. The van der Waals surface area contributed by atoms with Crippen LogP contribution in [0.2, 0.25) is 0 Å². The Bertz CT molecular complexity index is 866. The molecule has 3 aromatic rings. The van der Waals surface area contributed by atoms with Gasteiger partial charge in [-0.05, 0) is 36.4 Å². The smallest absolute Gasteiger partial charge is 0.335 e. The number of amides is 1. The van der Waals surface area contributed by atoms with Crippen LogP contribution in [0, 0.1) is 0 Å². The van der Waals surface area contributed by atoms with E-state index in [1.165, 1.54) is 12.1 Å². The highest BCUT2D eigenvalue weighted by Crippen LogP contribution is 2.22. The van der Waals surface area contributed by atoms with Crippen LogP contribution in [0.5, 0.6) is 0 Å². The van der Waals surface area contributed by atoms with Gasteiger partial charge in [-0.25, -0.2) is 4.79 Å². The van der Waals surface area contributed by atoms with Crippen LogP contribution in [0.3, 0.4) is 0 Å². The predicted octanol–water partition coefficient (Wildman–Crippen LogP) is 4.22. The van der Waals surface area contributed by atoms with Gasteiger partial charge in [0.2, 0.25) is 5.91 Å². The molecule has 0 radical (unpaired) electrons. The summed E-state index contributed by atoms with van der Waals surface area (Å²) in [5, 5.41) is 11.6. The Labute approximate surface area is 144 Å². The monoisotopic (exact) mass is 335 g/mol. The summed E-state index contributed by atoms with van der Waals surface area (Å²) in [7, 11) is 0. The van der Waals surface area contributed by atoms with Gasteiger partial charge < -0.3 is 14.8 Å². The molecule has 0 spiro atoms. The van der Waals surface area contributed by atoms with E-state index in [2.05, 4.69) is 5.32 Å². The zero-order valence-corrected chi connectivity index (χ0v) is 13.4. The lowest BCUT2D eigenvalue weighted by atomic mass is 10.2. The summed E-state index contributed by atoms with van der Waals surface area (Å²) in [6.07, 6.45) is 0.772. The number of rotatable bonds is 6. The SMILES string of the molecule is O=C(CCc1ccc(-c2ccccc2)o1)Nc1ccc(C(=O)O)cc1. The number of carbonyl (C=O) groups excluding carboxylic acids is 1. The van der Waals surface area contributed by atoms with Crippen LogP contribution < -0.4 is 5.32 Å². The summed E-state index contributed by atoms with van der Waals surface area (Å²) in [4.78, 5) is 22.8. The average Bonchev–Trinajstić information content (AvgIpc) is 3.10. The van der Waals surface area contributed by atoms with Crippen LogP contribution in [0.25, 0.3) is 11.3 Å². The number of benzene rings is 2. The number of furan rings is 1. The number of anilines is 1. The predicted molar refractivity (Wildman–Crippen MR) is 94.5 cm³/mol. The van der Waals surface area contributed by atoms with Gasteiger partial charge in [-0.2, -0.15) is 0 Å². The maximum Gasteiger partial charge on any atom is 0.335 e. The van der Waals surface area contributed by atoms with E-state index < -0.39 is 5.97 Å². The third kappa shape index (κ3) is 4.35. The van der Waals surface area contributed by atoms with Gasteiger partial charge in [-0.15, -0.1) is 0 Å². The molecule has 0 aliphatic heterocycles. The van der Waals surface area contributed by atoms with Crippen molar-refractivity contribution in [3.8, 4) is 11.3 Å². The fraction of sp³-hybridized carbons (Fsp3) is 0.100. The molecular formula is C20H17NO4. The first-order chi connectivity index (χ1) is 12.1. The molecule has 0 bridgehead atoms. The highest BCUT2D eigenvalue weighted by Gasteiger charge is 2.08. The third-order valence-electron chi connectivity index (χ3n) is 3.73. The summed E-state index contributed by atoms with van der Waals surface area (Å²) >= 11 is 0. The highest BCUT2D eigenvalue weighted by molar-refractivity contribution is 5.92. The van der Waals surface area contributed by atoms with E-state index in [1.807, 2.05) is 42.5 Å². The summed E-state index contributed by atoms with van der Waals surface area (Å²) < 4.78 is 5.77. The van der Waals surface area contributed by atoms with Gasteiger partial charge in [0.05, 0.1) is 5.56 Å². The molecule has 0 atom stereocenters. The molecule has 0 saturated heterocycles. The van der Waals surface area contributed by atoms with E-state index in [0.717, 1.165) is 17.1 Å². The van der Waals surface area contributed by atoms with E-state index in [9.17, 15) is 9.59 Å². The molecule has 2 N–H and O–H groups in total. The molecule has 5 heteroatoms. The Hall–Kier alpha value is -3.34. The highest BCUT2D eigenvalue weighted by atomic mass is 16.4. The molecule has 0 aliphatic rings. The van der Waals surface area contributed by atoms with Gasteiger partial charge in [0.25, 0.3) is 0 Å². The minimum Gasteiger partial charge on any atom is -0.478 e. The molecule has 0 saturated carbocycles. The molecule has 3 rings (SSSR count). The molecule has 2 aromatic carbocycles.